The Morgan fingerprint density at radius 1 is 1.38 bits per heavy atom. The van der Waals surface area contributed by atoms with E-state index < -0.39 is 0 Å². The fourth-order valence-corrected chi connectivity index (χ4v) is 2.47. The number of carbonyl (C=O) groups excluding carboxylic acids is 1. The third-order valence-electron chi connectivity index (χ3n) is 1.85. The van der Waals surface area contributed by atoms with E-state index in [-0.39, 0.29) is 16.8 Å². The van der Waals surface area contributed by atoms with Crippen LogP contribution >= 0.6 is 11.8 Å². The molecule has 0 saturated carbocycles. The maximum absolute atomic E-state index is 11.6. The van der Waals surface area contributed by atoms with Gasteiger partial charge in [-0.25, -0.2) is 0 Å². The highest BCUT2D eigenvalue weighted by atomic mass is 32.2. The second-order valence-corrected chi connectivity index (χ2v) is 5.70. The lowest BCUT2D eigenvalue weighted by atomic mass is 10.1. The molecule has 0 spiro atoms. The van der Waals surface area contributed by atoms with Crippen molar-refractivity contribution in [1.29, 1.82) is 0 Å². The Balaban J connectivity index is 2.38. The molecule has 0 N–H and O–H groups in total. The zero-order valence-electron chi connectivity index (χ0n) is 8.63. The summed E-state index contributed by atoms with van der Waals surface area (Å²) in [4.78, 5) is 11.6. The molecular formula is C10H18O2S. The lowest BCUT2D eigenvalue weighted by Crippen LogP contribution is -2.31. The molecule has 76 valence electrons. The largest absolute Gasteiger partial charge is 0.459 e. The Bertz CT molecular complexity index is 178. The van der Waals surface area contributed by atoms with Crippen LogP contribution < -0.4 is 0 Å². The summed E-state index contributed by atoms with van der Waals surface area (Å²) in [5.74, 6) is 1.07. The molecule has 1 unspecified atom stereocenters. The van der Waals surface area contributed by atoms with Crippen molar-refractivity contribution in [2.75, 3.05) is 5.75 Å². The summed E-state index contributed by atoms with van der Waals surface area (Å²) in [5, 5.41) is 0.0907. The normalized spacial score (nSPS) is 24.1. The first-order valence-corrected chi connectivity index (χ1v) is 5.88. The van der Waals surface area contributed by atoms with Gasteiger partial charge in [0, 0.05) is 0 Å². The van der Waals surface area contributed by atoms with Gasteiger partial charge >= 0.3 is 5.97 Å². The van der Waals surface area contributed by atoms with Crippen LogP contribution in [0.15, 0.2) is 0 Å². The molecule has 1 fully saturated rings. The molecule has 2 nitrogen and oxygen atoms in total. The predicted molar refractivity (Wildman–Crippen MR) is 55.9 cm³/mol. The Morgan fingerprint density at radius 3 is 2.54 bits per heavy atom. The van der Waals surface area contributed by atoms with Crippen LogP contribution in [0.25, 0.3) is 0 Å². The topological polar surface area (TPSA) is 26.3 Å². The molecule has 0 amide bonds. The summed E-state index contributed by atoms with van der Waals surface area (Å²) >= 11 is 1.74. The average Bonchev–Trinajstić information content (AvgIpc) is 2.03. The van der Waals surface area contributed by atoms with E-state index in [4.69, 9.17) is 4.74 Å². The van der Waals surface area contributed by atoms with Crippen LogP contribution in [0.4, 0.5) is 0 Å². The molecule has 13 heavy (non-hydrogen) atoms. The zero-order chi connectivity index (χ0) is 9.90. The van der Waals surface area contributed by atoms with Crippen LogP contribution in [0, 0.1) is 0 Å². The highest BCUT2D eigenvalue weighted by molar-refractivity contribution is 8.00. The van der Waals surface area contributed by atoms with E-state index in [2.05, 4.69) is 0 Å². The van der Waals surface area contributed by atoms with E-state index in [1.165, 1.54) is 6.42 Å². The highest BCUT2D eigenvalue weighted by Crippen LogP contribution is 2.27. The first-order valence-electron chi connectivity index (χ1n) is 4.83. The summed E-state index contributed by atoms with van der Waals surface area (Å²) in [6, 6.07) is 0. The van der Waals surface area contributed by atoms with Crippen LogP contribution in [-0.2, 0) is 9.53 Å². The van der Waals surface area contributed by atoms with Gasteiger partial charge in [-0.05, 0) is 39.4 Å². The van der Waals surface area contributed by atoms with Gasteiger partial charge in [0.1, 0.15) is 10.9 Å². The first-order chi connectivity index (χ1) is 5.99. The predicted octanol–water partition coefficient (Wildman–Crippen LogP) is 2.61. The lowest BCUT2D eigenvalue weighted by Gasteiger charge is -2.25. The number of thioether (sulfide) groups is 1. The van der Waals surface area contributed by atoms with Gasteiger partial charge in [0.25, 0.3) is 0 Å². The maximum atomic E-state index is 11.6. The number of ether oxygens (including phenoxy) is 1. The van der Waals surface area contributed by atoms with Crippen LogP contribution in [-0.4, -0.2) is 22.6 Å². The van der Waals surface area contributed by atoms with Gasteiger partial charge < -0.3 is 4.74 Å². The van der Waals surface area contributed by atoms with Gasteiger partial charge in [-0.15, -0.1) is 11.8 Å². The molecule has 1 aliphatic rings. The fraction of sp³-hybridized carbons (Fsp3) is 0.900. The Kier molecular flexibility index (Phi) is 3.65. The van der Waals surface area contributed by atoms with Crippen molar-refractivity contribution in [3.8, 4) is 0 Å². The van der Waals surface area contributed by atoms with Gasteiger partial charge in [0.15, 0.2) is 0 Å². The van der Waals surface area contributed by atoms with Gasteiger partial charge in [-0.1, -0.05) is 6.42 Å². The quantitative estimate of drug-likeness (QED) is 0.611. The van der Waals surface area contributed by atoms with Crippen molar-refractivity contribution in [1.82, 2.24) is 0 Å². The van der Waals surface area contributed by atoms with Crippen LogP contribution in [0.2, 0.25) is 0 Å². The lowest BCUT2D eigenvalue weighted by molar-refractivity contribution is -0.154. The van der Waals surface area contributed by atoms with E-state index >= 15 is 0 Å². The van der Waals surface area contributed by atoms with Crippen molar-refractivity contribution in [2.45, 2.75) is 50.9 Å². The highest BCUT2D eigenvalue weighted by Gasteiger charge is 2.26. The summed E-state index contributed by atoms with van der Waals surface area (Å²) in [7, 11) is 0. The van der Waals surface area contributed by atoms with Crippen molar-refractivity contribution < 1.29 is 9.53 Å². The number of rotatable bonds is 1. The maximum Gasteiger partial charge on any atom is 0.319 e. The van der Waals surface area contributed by atoms with E-state index in [0.717, 1.165) is 18.6 Å². The minimum Gasteiger partial charge on any atom is -0.459 e. The van der Waals surface area contributed by atoms with Gasteiger partial charge in [-0.2, -0.15) is 0 Å². The summed E-state index contributed by atoms with van der Waals surface area (Å²) in [5.41, 5.74) is -0.338. The number of hydrogen-bond donors (Lipinski definition) is 0. The Hall–Kier alpha value is -0.180. The molecule has 0 bridgehead atoms. The third kappa shape index (κ3) is 4.03. The van der Waals surface area contributed by atoms with Crippen molar-refractivity contribution in [3.63, 3.8) is 0 Å². The monoisotopic (exact) mass is 202 g/mol. The number of carbonyl (C=O) groups is 1. The van der Waals surface area contributed by atoms with E-state index in [9.17, 15) is 4.79 Å². The second kappa shape index (κ2) is 4.36. The molecule has 1 atom stereocenters. The van der Waals surface area contributed by atoms with Crippen LogP contribution in [0.5, 0.6) is 0 Å². The minimum absolute atomic E-state index is 0.0304. The number of esters is 1. The van der Waals surface area contributed by atoms with Crippen molar-refractivity contribution in [2.24, 2.45) is 0 Å². The van der Waals surface area contributed by atoms with Gasteiger partial charge in [0.2, 0.25) is 0 Å². The molecule has 1 rings (SSSR count). The SMILES string of the molecule is CC(C)(C)OC(=O)C1CCCCS1. The van der Waals surface area contributed by atoms with E-state index in [0.29, 0.717) is 0 Å². The molecule has 0 radical (unpaired) electrons. The molecule has 1 heterocycles. The van der Waals surface area contributed by atoms with Gasteiger partial charge in [0.05, 0.1) is 0 Å². The molecule has 1 aliphatic heterocycles. The standard InChI is InChI=1S/C10H18O2S/c1-10(2,3)12-9(11)8-6-4-5-7-13-8/h8H,4-7H2,1-3H3. The molecule has 1 saturated heterocycles. The summed E-state index contributed by atoms with van der Waals surface area (Å²) in [6.45, 7) is 5.75. The zero-order valence-corrected chi connectivity index (χ0v) is 9.45. The fourth-order valence-electron chi connectivity index (χ4n) is 1.29. The summed E-state index contributed by atoms with van der Waals surface area (Å²) in [6.07, 6.45) is 3.39. The average molecular weight is 202 g/mol. The molecular weight excluding hydrogens is 184 g/mol. The molecule has 0 aromatic heterocycles. The second-order valence-electron chi connectivity index (χ2n) is 4.39. The van der Waals surface area contributed by atoms with E-state index in [1.807, 2.05) is 20.8 Å². The van der Waals surface area contributed by atoms with Crippen molar-refractivity contribution >= 4 is 17.7 Å². The smallest absolute Gasteiger partial charge is 0.319 e. The first kappa shape index (κ1) is 10.9. The molecule has 3 heteroatoms. The summed E-state index contributed by atoms with van der Waals surface area (Å²) < 4.78 is 5.32. The minimum atomic E-state index is -0.338. The van der Waals surface area contributed by atoms with E-state index in [1.54, 1.807) is 11.8 Å². The Morgan fingerprint density at radius 2 is 2.08 bits per heavy atom. The molecule has 0 aliphatic carbocycles. The number of hydrogen-bond acceptors (Lipinski definition) is 3. The molecule has 0 aromatic rings. The van der Waals surface area contributed by atoms with Crippen LogP contribution in [0.1, 0.15) is 40.0 Å². The Labute approximate surface area is 84.4 Å². The van der Waals surface area contributed by atoms with Gasteiger partial charge in [-0.3, -0.25) is 4.79 Å². The van der Waals surface area contributed by atoms with Crippen LogP contribution in [0.3, 0.4) is 0 Å². The van der Waals surface area contributed by atoms with Crippen molar-refractivity contribution in [3.05, 3.63) is 0 Å². The molecule has 0 aromatic carbocycles. The third-order valence-corrected chi connectivity index (χ3v) is 3.20.